The Balaban J connectivity index is 1.76. The lowest BCUT2D eigenvalue weighted by molar-refractivity contribution is -0.138. The van der Waals surface area contributed by atoms with Gasteiger partial charge in [0.25, 0.3) is 5.91 Å². The Labute approximate surface area is 176 Å². The van der Waals surface area contributed by atoms with Crippen molar-refractivity contribution >= 4 is 23.1 Å². The second kappa shape index (κ2) is 9.00. The summed E-state index contributed by atoms with van der Waals surface area (Å²) in [4.78, 5) is 20.7. The predicted octanol–water partition coefficient (Wildman–Crippen LogP) is 3.71. The van der Waals surface area contributed by atoms with Crippen LogP contribution in [0.5, 0.6) is 0 Å². The molecule has 0 aliphatic rings. The molecule has 2 aromatic carbocycles. The number of aryl methyl sites for hydroxylation is 1. The molecule has 1 aromatic heterocycles. The zero-order valence-corrected chi connectivity index (χ0v) is 16.6. The normalized spacial score (nSPS) is 11.3. The van der Waals surface area contributed by atoms with E-state index in [0.717, 1.165) is 17.3 Å². The first-order chi connectivity index (χ1) is 14.7. The largest absolute Gasteiger partial charge is 0.416 e. The summed E-state index contributed by atoms with van der Waals surface area (Å²) in [6.45, 7) is 1.98. The monoisotopic (exact) mass is 430 g/mol. The summed E-state index contributed by atoms with van der Waals surface area (Å²) in [7, 11) is 0. The van der Waals surface area contributed by atoms with Gasteiger partial charge in [-0.05, 0) is 42.3 Å². The number of carbonyl (C=O) groups excluding carboxylic acids is 1. The molecule has 0 saturated carbocycles. The highest BCUT2D eigenvalue weighted by Gasteiger charge is 2.33. The van der Waals surface area contributed by atoms with E-state index in [2.05, 4.69) is 20.6 Å². The molecule has 0 bridgehead atoms. The molecule has 1 amide bonds. The quantitative estimate of drug-likeness (QED) is 0.473. The fraction of sp³-hybridized carbons (Fsp3) is 0.190. The molecule has 0 unspecified atom stereocenters. The van der Waals surface area contributed by atoms with Crippen molar-refractivity contribution in [2.45, 2.75) is 26.2 Å². The molecule has 0 atom stereocenters. The van der Waals surface area contributed by atoms with Gasteiger partial charge in [-0.2, -0.15) is 13.2 Å². The minimum Gasteiger partial charge on any atom is -0.382 e. The number of benzene rings is 2. The zero-order valence-electron chi connectivity index (χ0n) is 16.6. The number of hydrogen-bond acceptors (Lipinski definition) is 6. The van der Waals surface area contributed by atoms with Crippen LogP contribution < -0.4 is 22.1 Å². The van der Waals surface area contributed by atoms with Crippen molar-refractivity contribution < 1.29 is 18.0 Å². The maximum Gasteiger partial charge on any atom is 0.416 e. The Morgan fingerprint density at radius 3 is 2.52 bits per heavy atom. The standard InChI is InChI=1S/C21H21F3N6O/c1-12-2-5-15(7-18(12)28-9-16-10-29-19(26)11-27-16)30-20(31)13-3-4-14(8-25)17(6-13)21(22,23)24/h2-7,10-11,28H,8-9,25H2,1H3,(H2,26,29)(H,30,31). The average molecular weight is 430 g/mol. The molecule has 0 aliphatic carbocycles. The van der Waals surface area contributed by atoms with Gasteiger partial charge in [0, 0.05) is 23.5 Å². The molecule has 162 valence electrons. The van der Waals surface area contributed by atoms with E-state index in [0.29, 0.717) is 23.7 Å². The summed E-state index contributed by atoms with van der Waals surface area (Å²) in [5.74, 6) is -0.342. The van der Waals surface area contributed by atoms with Crippen LogP contribution in [0.25, 0.3) is 0 Å². The lowest BCUT2D eigenvalue weighted by atomic mass is 10.0. The van der Waals surface area contributed by atoms with E-state index < -0.39 is 17.6 Å². The molecule has 7 nitrogen and oxygen atoms in total. The van der Waals surface area contributed by atoms with Crippen LogP contribution >= 0.6 is 0 Å². The summed E-state index contributed by atoms with van der Waals surface area (Å²) < 4.78 is 39.7. The van der Waals surface area contributed by atoms with E-state index in [1.54, 1.807) is 24.4 Å². The van der Waals surface area contributed by atoms with Gasteiger partial charge in [-0.3, -0.25) is 9.78 Å². The van der Waals surface area contributed by atoms with Crippen LogP contribution in [-0.4, -0.2) is 15.9 Å². The van der Waals surface area contributed by atoms with Crippen LogP contribution in [0.2, 0.25) is 0 Å². The van der Waals surface area contributed by atoms with Gasteiger partial charge in [0.05, 0.1) is 30.2 Å². The molecule has 0 spiro atoms. The van der Waals surface area contributed by atoms with Gasteiger partial charge in [0.15, 0.2) is 0 Å². The minimum absolute atomic E-state index is 0.0726. The maximum atomic E-state index is 13.2. The van der Waals surface area contributed by atoms with Gasteiger partial charge >= 0.3 is 6.18 Å². The zero-order chi connectivity index (χ0) is 22.6. The topological polar surface area (TPSA) is 119 Å². The third-order valence-corrected chi connectivity index (χ3v) is 4.58. The number of aromatic nitrogens is 2. The van der Waals surface area contributed by atoms with Crippen molar-refractivity contribution in [2.24, 2.45) is 5.73 Å². The van der Waals surface area contributed by atoms with Crippen molar-refractivity contribution in [1.29, 1.82) is 0 Å². The van der Waals surface area contributed by atoms with Crippen LogP contribution in [0.1, 0.15) is 32.7 Å². The number of carbonyl (C=O) groups is 1. The van der Waals surface area contributed by atoms with E-state index in [4.69, 9.17) is 11.5 Å². The van der Waals surface area contributed by atoms with Crippen molar-refractivity contribution in [3.8, 4) is 0 Å². The summed E-state index contributed by atoms with van der Waals surface area (Å²) in [5.41, 5.74) is 12.5. The number of anilines is 3. The molecule has 0 fully saturated rings. The number of rotatable bonds is 6. The highest BCUT2D eigenvalue weighted by atomic mass is 19.4. The van der Waals surface area contributed by atoms with Gasteiger partial charge in [-0.25, -0.2) is 4.98 Å². The molecule has 0 radical (unpaired) electrons. The predicted molar refractivity (Wildman–Crippen MR) is 112 cm³/mol. The van der Waals surface area contributed by atoms with E-state index in [1.807, 2.05) is 6.92 Å². The molecule has 3 rings (SSSR count). The molecule has 3 aromatic rings. The van der Waals surface area contributed by atoms with Gasteiger partial charge in [-0.1, -0.05) is 12.1 Å². The number of halogens is 3. The molecule has 10 heteroatoms. The van der Waals surface area contributed by atoms with Gasteiger partial charge in [0.2, 0.25) is 0 Å². The molecule has 6 N–H and O–H groups in total. The van der Waals surface area contributed by atoms with E-state index in [-0.39, 0.29) is 17.7 Å². The molecular weight excluding hydrogens is 409 g/mol. The minimum atomic E-state index is -4.60. The number of nitrogens with one attached hydrogen (secondary N) is 2. The Bertz CT molecular complexity index is 1080. The first-order valence-electron chi connectivity index (χ1n) is 9.30. The van der Waals surface area contributed by atoms with E-state index in [9.17, 15) is 18.0 Å². The second-order valence-corrected chi connectivity index (χ2v) is 6.84. The fourth-order valence-corrected chi connectivity index (χ4v) is 2.89. The number of nitrogen functional groups attached to an aromatic ring is 1. The maximum absolute atomic E-state index is 13.2. The summed E-state index contributed by atoms with van der Waals surface area (Å²) in [6.07, 6.45) is -1.60. The number of nitrogens with zero attached hydrogens (tertiary/aromatic N) is 2. The van der Waals surface area contributed by atoms with Gasteiger partial charge in [0.1, 0.15) is 5.82 Å². The van der Waals surface area contributed by atoms with Crippen LogP contribution in [0.3, 0.4) is 0 Å². The molecule has 0 aliphatic heterocycles. The molecule has 0 saturated heterocycles. The Morgan fingerprint density at radius 1 is 1.10 bits per heavy atom. The van der Waals surface area contributed by atoms with Crippen LogP contribution in [0.15, 0.2) is 48.8 Å². The Morgan fingerprint density at radius 2 is 1.87 bits per heavy atom. The summed E-state index contributed by atoms with van der Waals surface area (Å²) in [5, 5.41) is 5.81. The van der Waals surface area contributed by atoms with Crippen molar-refractivity contribution in [3.63, 3.8) is 0 Å². The molecule has 31 heavy (non-hydrogen) atoms. The third kappa shape index (κ3) is 5.48. The first kappa shape index (κ1) is 22.0. The van der Waals surface area contributed by atoms with Crippen LogP contribution in [0, 0.1) is 6.92 Å². The van der Waals surface area contributed by atoms with Crippen LogP contribution in [0.4, 0.5) is 30.4 Å². The Hall–Kier alpha value is -3.66. The number of alkyl halides is 3. The average Bonchev–Trinajstić information content (AvgIpc) is 2.74. The highest BCUT2D eigenvalue weighted by Crippen LogP contribution is 2.33. The van der Waals surface area contributed by atoms with E-state index in [1.165, 1.54) is 18.3 Å². The first-order valence-corrected chi connectivity index (χ1v) is 9.30. The highest BCUT2D eigenvalue weighted by molar-refractivity contribution is 6.04. The Kier molecular flexibility index (Phi) is 6.40. The lowest BCUT2D eigenvalue weighted by Gasteiger charge is -2.14. The van der Waals surface area contributed by atoms with Crippen molar-refractivity contribution in [3.05, 3.63) is 76.7 Å². The van der Waals surface area contributed by atoms with Gasteiger partial charge < -0.3 is 22.1 Å². The third-order valence-electron chi connectivity index (χ3n) is 4.58. The van der Waals surface area contributed by atoms with Crippen LogP contribution in [-0.2, 0) is 19.3 Å². The smallest absolute Gasteiger partial charge is 0.382 e. The SMILES string of the molecule is Cc1ccc(NC(=O)c2ccc(CN)c(C(F)(F)F)c2)cc1NCc1cnc(N)cn1. The van der Waals surface area contributed by atoms with Crippen molar-refractivity contribution in [1.82, 2.24) is 9.97 Å². The number of nitrogens with two attached hydrogens (primary N) is 2. The molecule has 1 heterocycles. The lowest BCUT2D eigenvalue weighted by Crippen LogP contribution is -2.17. The summed E-state index contributed by atoms with van der Waals surface area (Å²) in [6, 6.07) is 8.49. The van der Waals surface area contributed by atoms with E-state index >= 15 is 0 Å². The summed E-state index contributed by atoms with van der Waals surface area (Å²) >= 11 is 0. The number of hydrogen-bond donors (Lipinski definition) is 4. The van der Waals surface area contributed by atoms with Crippen molar-refractivity contribution in [2.75, 3.05) is 16.4 Å². The number of amides is 1. The second-order valence-electron chi connectivity index (χ2n) is 6.84. The fourth-order valence-electron chi connectivity index (χ4n) is 2.89. The molecular formula is C21H21F3N6O. The van der Waals surface area contributed by atoms with Gasteiger partial charge in [-0.15, -0.1) is 0 Å².